The van der Waals surface area contributed by atoms with E-state index in [4.69, 9.17) is 10.5 Å². The van der Waals surface area contributed by atoms with E-state index in [-0.39, 0.29) is 12.1 Å². The number of anilines is 1. The van der Waals surface area contributed by atoms with E-state index in [0.717, 1.165) is 24.9 Å². The molecular weight excluding hydrogens is 214 g/mol. The van der Waals surface area contributed by atoms with Gasteiger partial charge in [-0.2, -0.15) is 10.5 Å². The molecule has 1 aromatic rings. The van der Waals surface area contributed by atoms with Crippen molar-refractivity contribution in [2.75, 3.05) is 5.32 Å². The second-order valence-corrected chi connectivity index (χ2v) is 4.23. The summed E-state index contributed by atoms with van der Waals surface area (Å²) in [6.07, 6.45) is 2.44. The molecule has 4 nitrogen and oxygen atoms in total. The van der Waals surface area contributed by atoms with Gasteiger partial charge in [-0.05, 0) is 37.5 Å². The van der Waals surface area contributed by atoms with Gasteiger partial charge in [0.05, 0.1) is 23.3 Å². The lowest BCUT2D eigenvalue weighted by Gasteiger charge is -2.17. The van der Waals surface area contributed by atoms with Crippen LogP contribution in [-0.4, -0.2) is 17.3 Å². The summed E-state index contributed by atoms with van der Waals surface area (Å²) in [7, 11) is 0. The number of hydrogen-bond donors (Lipinski definition) is 2. The molecule has 0 radical (unpaired) electrons. The molecule has 0 bridgehead atoms. The topological polar surface area (TPSA) is 79.8 Å². The molecule has 2 atom stereocenters. The van der Waals surface area contributed by atoms with E-state index in [1.54, 1.807) is 18.2 Å². The van der Waals surface area contributed by atoms with E-state index in [9.17, 15) is 5.11 Å². The molecule has 4 heteroatoms. The van der Waals surface area contributed by atoms with Gasteiger partial charge >= 0.3 is 0 Å². The van der Waals surface area contributed by atoms with Crippen molar-refractivity contribution in [3.8, 4) is 12.1 Å². The Morgan fingerprint density at radius 1 is 1.18 bits per heavy atom. The number of nitrogens with zero attached hydrogens (tertiary/aromatic N) is 2. The van der Waals surface area contributed by atoms with Gasteiger partial charge in [0, 0.05) is 5.69 Å². The van der Waals surface area contributed by atoms with E-state index in [1.165, 1.54) is 0 Å². The first kappa shape index (κ1) is 11.4. The van der Waals surface area contributed by atoms with E-state index in [1.807, 2.05) is 12.1 Å². The summed E-state index contributed by atoms with van der Waals surface area (Å²) in [6.45, 7) is 0. The van der Waals surface area contributed by atoms with Gasteiger partial charge in [0.25, 0.3) is 0 Å². The highest BCUT2D eigenvalue weighted by molar-refractivity contribution is 5.56. The minimum absolute atomic E-state index is 0.0504. The molecule has 1 aromatic carbocycles. The molecule has 1 saturated carbocycles. The average Bonchev–Trinajstić information content (AvgIpc) is 2.75. The zero-order valence-corrected chi connectivity index (χ0v) is 9.35. The first-order chi connectivity index (χ1) is 8.24. The van der Waals surface area contributed by atoms with Gasteiger partial charge in [-0.3, -0.25) is 0 Å². The maximum absolute atomic E-state index is 9.70. The van der Waals surface area contributed by atoms with E-state index in [2.05, 4.69) is 5.32 Å². The number of benzene rings is 1. The summed E-state index contributed by atoms with van der Waals surface area (Å²) < 4.78 is 0. The van der Waals surface area contributed by atoms with Crippen LogP contribution in [0, 0.1) is 22.7 Å². The van der Waals surface area contributed by atoms with Crippen molar-refractivity contribution in [1.29, 1.82) is 10.5 Å². The fourth-order valence-corrected chi connectivity index (χ4v) is 2.15. The number of rotatable bonds is 2. The number of hydrogen-bond acceptors (Lipinski definition) is 4. The highest BCUT2D eigenvalue weighted by Crippen LogP contribution is 2.24. The van der Waals surface area contributed by atoms with Gasteiger partial charge in [-0.15, -0.1) is 0 Å². The summed E-state index contributed by atoms with van der Waals surface area (Å²) >= 11 is 0. The molecule has 17 heavy (non-hydrogen) atoms. The predicted molar refractivity (Wildman–Crippen MR) is 63.1 cm³/mol. The first-order valence-corrected chi connectivity index (χ1v) is 5.63. The van der Waals surface area contributed by atoms with Crippen molar-refractivity contribution in [2.45, 2.75) is 31.4 Å². The maximum atomic E-state index is 9.70. The molecule has 86 valence electrons. The van der Waals surface area contributed by atoms with Crippen molar-refractivity contribution in [3.63, 3.8) is 0 Å². The minimum Gasteiger partial charge on any atom is -0.391 e. The SMILES string of the molecule is N#Cc1ccc(N[C@H]2CCC[C@@H]2O)cc1C#N. The molecule has 2 N–H and O–H groups in total. The zero-order chi connectivity index (χ0) is 12.3. The summed E-state index contributed by atoms with van der Waals surface area (Å²) in [5.74, 6) is 0. The molecule has 0 unspecified atom stereocenters. The van der Waals surface area contributed by atoms with Gasteiger partial charge in [-0.25, -0.2) is 0 Å². The summed E-state index contributed by atoms with van der Waals surface area (Å²) in [5.41, 5.74) is 1.53. The Balaban J connectivity index is 2.18. The third-order valence-electron chi connectivity index (χ3n) is 3.09. The van der Waals surface area contributed by atoms with Crippen LogP contribution in [0.4, 0.5) is 5.69 Å². The molecular formula is C13H13N3O. The Morgan fingerprint density at radius 2 is 1.94 bits per heavy atom. The Bertz CT molecular complexity index is 498. The Morgan fingerprint density at radius 3 is 2.53 bits per heavy atom. The summed E-state index contributed by atoms with van der Waals surface area (Å²) in [5, 5.41) is 30.6. The van der Waals surface area contributed by atoms with Gasteiger partial charge in [0.15, 0.2) is 0 Å². The van der Waals surface area contributed by atoms with Crippen LogP contribution in [0.1, 0.15) is 30.4 Å². The highest BCUT2D eigenvalue weighted by Gasteiger charge is 2.24. The second kappa shape index (κ2) is 4.86. The molecule has 1 aliphatic rings. The zero-order valence-electron chi connectivity index (χ0n) is 9.35. The lowest BCUT2D eigenvalue weighted by Crippen LogP contribution is -2.27. The molecule has 2 rings (SSSR count). The Kier molecular flexibility index (Phi) is 3.27. The average molecular weight is 227 g/mol. The number of nitriles is 2. The lowest BCUT2D eigenvalue weighted by molar-refractivity contribution is 0.172. The molecule has 0 amide bonds. The van der Waals surface area contributed by atoms with Crippen molar-refractivity contribution in [3.05, 3.63) is 29.3 Å². The van der Waals surface area contributed by atoms with Gasteiger partial charge in [0.2, 0.25) is 0 Å². The largest absolute Gasteiger partial charge is 0.391 e. The molecule has 0 aliphatic heterocycles. The smallest absolute Gasteiger partial charge is 0.101 e. The molecule has 1 fully saturated rings. The second-order valence-electron chi connectivity index (χ2n) is 4.23. The van der Waals surface area contributed by atoms with Crippen molar-refractivity contribution in [1.82, 2.24) is 0 Å². The normalized spacial score (nSPS) is 22.8. The molecule has 0 heterocycles. The van der Waals surface area contributed by atoms with E-state index >= 15 is 0 Å². The van der Waals surface area contributed by atoms with Gasteiger partial charge in [0.1, 0.15) is 12.1 Å². The molecule has 1 aliphatic carbocycles. The van der Waals surface area contributed by atoms with E-state index in [0.29, 0.717) is 11.1 Å². The standard InChI is InChI=1S/C13H13N3O/c14-7-9-4-5-11(6-10(9)8-15)16-12-2-1-3-13(12)17/h4-6,12-13,16-17H,1-3H2/t12-,13-/m0/s1. The maximum Gasteiger partial charge on any atom is 0.101 e. The van der Waals surface area contributed by atoms with Crippen LogP contribution < -0.4 is 5.32 Å². The van der Waals surface area contributed by atoms with Crippen molar-refractivity contribution < 1.29 is 5.11 Å². The number of aliphatic hydroxyl groups is 1. The van der Waals surface area contributed by atoms with Crippen molar-refractivity contribution in [2.24, 2.45) is 0 Å². The first-order valence-electron chi connectivity index (χ1n) is 5.63. The van der Waals surface area contributed by atoms with Gasteiger partial charge < -0.3 is 10.4 Å². The van der Waals surface area contributed by atoms with Crippen molar-refractivity contribution >= 4 is 5.69 Å². The Labute approximate surface area is 100 Å². The molecule has 0 saturated heterocycles. The van der Waals surface area contributed by atoms with E-state index < -0.39 is 0 Å². The Hall–Kier alpha value is -2.04. The van der Waals surface area contributed by atoms with Gasteiger partial charge in [-0.1, -0.05) is 0 Å². The minimum atomic E-state index is -0.323. The van der Waals surface area contributed by atoms with Crippen LogP contribution in [0.15, 0.2) is 18.2 Å². The van der Waals surface area contributed by atoms with Crippen LogP contribution in [0.3, 0.4) is 0 Å². The third-order valence-corrected chi connectivity index (χ3v) is 3.09. The van der Waals surface area contributed by atoms with Crippen LogP contribution in [0.5, 0.6) is 0 Å². The van der Waals surface area contributed by atoms with Crippen LogP contribution in [0.2, 0.25) is 0 Å². The number of nitrogens with one attached hydrogen (secondary N) is 1. The monoisotopic (exact) mass is 227 g/mol. The fourth-order valence-electron chi connectivity index (χ4n) is 2.15. The van der Waals surface area contributed by atoms with Crippen LogP contribution >= 0.6 is 0 Å². The quantitative estimate of drug-likeness (QED) is 0.806. The third kappa shape index (κ3) is 2.38. The number of aliphatic hydroxyl groups excluding tert-OH is 1. The lowest BCUT2D eigenvalue weighted by atomic mass is 10.1. The summed E-state index contributed by atoms with van der Waals surface area (Å²) in [6, 6.07) is 9.08. The van der Waals surface area contributed by atoms with Crippen LogP contribution in [-0.2, 0) is 0 Å². The molecule has 0 spiro atoms. The highest BCUT2D eigenvalue weighted by atomic mass is 16.3. The summed E-state index contributed by atoms with van der Waals surface area (Å²) in [4.78, 5) is 0. The molecule has 0 aromatic heterocycles. The van der Waals surface area contributed by atoms with Crippen LogP contribution in [0.25, 0.3) is 0 Å². The fraction of sp³-hybridized carbons (Fsp3) is 0.385. The predicted octanol–water partition coefficient (Wildman–Crippen LogP) is 1.76.